The number of carbonyl (C=O) groups excluding carboxylic acids is 1. The van der Waals surface area contributed by atoms with Gasteiger partial charge >= 0.3 is 5.76 Å². The Bertz CT molecular complexity index is 887. The van der Waals surface area contributed by atoms with Gasteiger partial charge in [-0.15, -0.1) is 0 Å². The van der Waals surface area contributed by atoms with Gasteiger partial charge in [-0.2, -0.15) is 0 Å². The summed E-state index contributed by atoms with van der Waals surface area (Å²) in [5.41, 5.74) is 3.02. The third kappa shape index (κ3) is 2.53. The van der Waals surface area contributed by atoms with Gasteiger partial charge in [-0.05, 0) is 42.3 Å². The van der Waals surface area contributed by atoms with Crippen LogP contribution in [0, 0.1) is 0 Å². The van der Waals surface area contributed by atoms with Gasteiger partial charge in [-0.1, -0.05) is 18.2 Å². The molecule has 0 spiro atoms. The van der Waals surface area contributed by atoms with Crippen molar-refractivity contribution < 1.29 is 13.9 Å². The first-order chi connectivity index (χ1) is 10.6. The Labute approximate surface area is 126 Å². The molecule has 0 saturated carbocycles. The summed E-state index contributed by atoms with van der Waals surface area (Å²) < 4.78 is 11.7. The van der Waals surface area contributed by atoms with E-state index in [1.54, 1.807) is 13.2 Å². The quantitative estimate of drug-likeness (QED) is 0.743. The number of benzene rings is 2. The lowest BCUT2D eigenvalue weighted by Crippen LogP contribution is -2.18. The molecule has 0 bridgehead atoms. The fourth-order valence-corrected chi connectivity index (χ4v) is 2.40. The topological polar surface area (TPSA) is 61.4 Å². The molecular formula is C17H15NO4. The molecule has 1 heterocycles. The van der Waals surface area contributed by atoms with Gasteiger partial charge in [-0.25, -0.2) is 4.79 Å². The first-order valence-corrected chi connectivity index (χ1v) is 6.86. The van der Waals surface area contributed by atoms with Gasteiger partial charge in [0.05, 0.1) is 19.2 Å². The largest absolute Gasteiger partial charge is 0.497 e. The number of nitrogens with zero attached hydrogens (tertiary/aromatic N) is 1. The summed E-state index contributed by atoms with van der Waals surface area (Å²) >= 11 is 0. The zero-order valence-corrected chi connectivity index (χ0v) is 12.3. The van der Waals surface area contributed by atoms with Crippen LogP contribution in [0.3, 0.4) is 0 Å². The second-order valence-corrected chi connectivity index (χ2v) is 5.07. The molecule has 0 N–H and O–H groups in total. The molecule has 0 aliphatic carbocycles. The second kappa shape index (κ2) is 5.52. The Balaban J connectivity index is 2.11. The molecule has 0 saturated heterocycles. The molecule has 0 aliphatic rings. The molecule has 0 atom stereocenters. The third-order valence-electron chi connectivity index (χ3n) is 3.47. The molecule has 0 amide bonds. The molecule has 0 radical (unpaired) electrons. The predicted octanol–water partition coefficient (Wildman–Crippen LogP) is 2.86. The number of rotatable bonds is 4. The van der Waals surface area contributed by atoms with E-state index in [1.807, 2.05) is 36.4 Å². The normalized spacial score (nSPS) is 10.8. The molecule has 0 unspecified atom stereocenters. The molecule has 5 heteroatoms. The van der Waals surface area contributed by atoms with Crippen LogP contribution in [-0.4, -0.2) is 17.5 Å². The highest BCUT2D eigenvalue weighted by molar-refractivity contribution is 5.83. The first kappa shape index (κ1) is 14.1. The second-order valence-electron chi connectivity index (χ2n) is 5.07. The molecule has 0 fully saturated rings. The van der Waals surface area contributed by atoms with E-state index in [0.717, 1.165) is 16.9 Å². The van der Waals surface area contributed by atoms with Crippen molar-refractivity contribution in [1.82, 2.24) is 4.57 Å². The summed E-state index contributed by atoms with van der Waals surface area (Å²) in [4.78, 5) is 23.2. The Kier molecular flexibility index (Phi) is 3.55. The number of methoxy groups -OCH3 is 1. The SMILES string of the molecule is COc1ccc(-c2ccc3oc(=O)n(CC(C)=O)c3c2)cc1. The molecule has 3 aromatic rings. The summed E-state index contributed by atoms with van der Waals surface area (Å²) in [5, 5.41) is 0. The van der Waals surface area contributed by atoms with Crippen LogP contribution >= 0.6 is 0 Å². The van der Waals surface area contributed by atoms with Crippen LogP contribution in [0.1, 0.15) is 6.92 Å². The van der Waals surface area contributed by atoms with E-state index in [9.17, 15) is 9.59 Å². The minimum absolute atomic E-state index is 0.0118. The summed E-state index contributed by atoms with van der Waals surface area (Å²) in [6, 6.07) is 13.1. The average Bonchev–Trinajstić information content (AvgIpc) is 2.82. The summed E-state index contributed by atoms with van der Waals surface area (Å²) in [6.45, 7) is 1.45. The van der Waals surface area contributed by atoms with Gasteiger partial charge in [0.15, 0.2) is 5.58 Å². The number of carbonyl (C=O) groups is 1. The summed E-state index contributed by atoms with van der Waals surface area (Å²) in [5.74, 6) is 0.165. The molecule has 0 aliphatic heterocycles. The molecule has 3 rings (SSSR count). The van der Waals surface area contributed by atoms with E-state index < -0.39 is 5.76 Å². The van der Waals surface area contributed by atoms with E-state index in [4.69, 9.17) is 9.15 Å². The van der Waals surface area contributed by atoms with Crippen molar-refractivity contribution in [3.63, 3.8) is 0 Å². The Hall–Kier alpha value is -2.82. The first-order valence-electron chi connectivity index (χ1n) is 6.86. The highest BCUT2D eigenvalue weighted by atomic mass is 16.5. The number of ketones is 1. The number of oxazole rings is 1. The number of ether oxygens (including phenoxy) is 1. The van der Waals surface area contributed by atoms with Crippen molar-refractivity contribution >= 4 is 16.9 Å². The number of Topliss-reactive ketones (excluding diaryl/α,β-unsaturated/α-hetero) is 1. The number of aromatic nitrogens is 1. The molecule has 22 heavy (non-hydrogen) atoms. The van der Waals surface area contributed by atoms with Gasteiger partial charge in [-0.3, -0.25) is 9.36 Å². The van der Waals surface area contributed by atoms with E-state index in [0.29, 0.717) is 11.1 Å². The summed E-state index contributed by atoms with van der Waals surface area (Å²) in [6.07, 6.45) is 0. The van der Waals surface area contributed by atoms with Crippen molar-refractivity contribution in [2.45, 2.75) is 13.5 Å². The van der Waals surface area contributed by atoms with Crippen molar-refractivity contribution in [3.8, 4) is 16.9 Å². The van der Waals surface area contributed by atoms with Crippen molar-refractivity contribution in [2.24, 2.45) is 0 Å². The minimum atomic E-state index is -0.517. The predicted molar refractivity (Wildman–Crippen MR) is 83.1 cm³/mol. The van der Waals surface area contributed by atoms with Crippen LogP contribution in [0.15, 0.2) is 51.7 Å². The lowest BCUT2D eigenvalue weighted by atomic mass is 10.1. The lowest BCUT2D eigenvalue weighted by Gasteiger charge is -2.05. The van der Waals surface area contributed by atoms with Crippen LogP contribution in [0.2, 0.25) is 0 Å². The van der Waals surface area contributed by atoms with Crippen LogP contribution in [0.4, 0.5) is 0 Å². The van der Waals surface area contributed by atoms with Crippen LogP contribution in [0.25, 0.3) is 22.2 Å². The van der Waals surface area contributed by atoms with Gasteiger partial charge in [0.25, 0.3) is 0 Å². The minimum Gasteiger partial charge on any atom is -0.497 e. The standard InChI is InChI=1S/C17H15NO4/c1-11(19)10-18-15-9-13(5-8-16(15)22-17(18)20)12-3-6-14(21-2)7-4-12/h3-9H,10H2,1-2H3. The zero-order valence-electron chi connectivity index (χ0n) is 12.3. The molecule has 1 aromatic heterocycles. The van der Waals surface area contributed by atoms with Crippen LogP contribution < -0.4 is 10.5 Å². The Morgan fingerprint density at radius 3 is 2.45 bits per heavy atom. The maximum absolute atomic E-state index is 11.8. The maximum Gasteiger partial charge on any atom is 0.420 e. The average molecular weight is 297 g/mol. The molecule has 112 valence electrons. The van der Waals surface area contributed by atoms with E-state index in [1.165, 1.54) is 11.5 Å². The highest BCUT2D eigenvalue weighted by Crippen LogP contribution is 2.25. The lowest BCUT2D eigenvalue weighted by molar-refractivity contribution is -0.117. The van der Waals surface area contributed by atoms with E-state index in [2.05, 4.69) is 0 Å². The number of hydrogen-bond donors (Lipinski definition) is 0. The monoisotopic (exact) mass is 297 g/mol. The van der Waals surface area contributed by atoms with E-state index in [-0.39, 0.29) is 12.3 Å². The van der Waals surface area contributed by atoms with Crippen molar-refractivity contribution in [2.75, 3.05) is 7.11 Å². The summed E-state index contributed by atoms with van der Waals surface area (Å²) in [7, 11) is 1.62. The number of hydrogen-bond acceptors (Lipinski definition) is 4. The van der Waals surface area contributed by atoms with Gasteiger partial charge in [0.2, 0.25) is 0 Å². The van der Waals surface area contributed by atoms with Crippen molar-refractivity contribution in [3.05, 3.63) is 53.0 Å². The zero-order chi connectivity index (χ0) is 15.7. The number of fused-ring (bicyclic) bond motifs is 1. The Morgan fingerprint density at radius 2 is 1.82 bits per heavy atom. The highest BCUT2D eigenvalue weighted by Gasteiger charge is 2.12. The van der Waals surface area contributed by atoms with Crippen molar-refractivity contribution in [1.29, 1.82) is 0 Å². The van der Waals surface area contributed by atoms with Gasteiger partial charge in [0, 0.05) is 0 Å². The molecule has 5 nitrogen and oxygen atoms in total. The third-order valence-corrected chi connectivity index (χ3v) is 3.47. The van der Waals surface area contributed by atoms with Crippen LogP contribution in [-0.2, 0) is 11.3 Å². The molecule has 2 aromatic carbocycles. The van der Waals surface area contributed by atoms with Crippen LogP contribution in [0.5, 0.6) is 5.75 Å². The fraction of sp³-hybridized carbons (Fsp3) is 0.176. The van der Waals surface area contributed by atoms with Gasteiger partial charge in [0.1, 0.15) is 11.5 Å². The Morgan fingerprint density at radius 1 is 1.14 bits per heavy atom. The fourth-order valence-electron chi connectivity index (χ4n) is 2.40. The maximum atomic E-state index is 11.8. The smallest absolute Gasteiger partial charge is 0.420 e. The molecular weight excluding hydrogens is 282 g/mol. The van der Waals surface area contributed by atoms with E-state index >= 15 is 0 Å². The van der Waals surface area contributed by atoms with Gasteiger partial charge < -0.3 is 9.15 Å².